The van der Waals surface area contributed by atoms with Crippen molar-refractivity contribution in [2.45, 2.75) is 0 Å². The molecule has 23 heavy (non-hydrogen) atoms. The predicted molar refractivity (Wildman–Crippen MR) is 85.1 cm³/mol. The second kappa shape index (κ2) is 16.7. The van der Waals surface area contributed by atoms with Crippen LogP contribution in [0.25, 0.3) is 0 Å². The topological polar surface area (TPSA) is 151 Å². The summed E-state index contributed by atoms with van der Waals surface area (Å²) in [6, 6.07) is 0. The van der Waals surface area contributed by atoms with E-state index in [-0.39, 0.29) is 26.4 Å². The molecule has 0 aliphatic carbocycles. The van der Waals surface area contributed by atoms with Crippen molar-refractivity contribution in [1.82, 2.24) is 0 Å². The summed E-state index contributed by atoms with van der Waals surface area (Å²) in [5.41, 5.74) is 15.9. The highest BCUT2D eigenvalue weighted by Crippen LogP contribution is 2.38. The van der Waals surface area contributed by atoms with Crippen molar-refractivity contribution in [3.63, 3.8) is 0 Å². The van der Waals surface area contributed by atoms with Crippen LogP contribution in [0.5, 0.6) is 0 Å². The van der Waals surface area contributed by atoms with Gasteiger partial charge in [0.25, 0.3) is 0 Å². The second-order valence-electron chi connectivity index (χ2n) is 4.23. The van der Waals surface area contributed by atoms with E-state index in [1.54, 1.807) is 0 Å². The van der Waals surface area contributed by atoms with Crippen LogP contribution in [0.3, 0.4) is 0 Å². The Balaban J connectivity index is 3.35. The molecular formula is C12H30N3O7P. The molecule has 0 aromatic carbocycles. The van der Waals surface area contributed by atoms with Crippen molar-refractivity contribution in [2.75, 3.05) is 79.2 Å². The van der Waals surface area contributed by atoms with Crippen LogP contribution in [0.15, 0.2) is 0 Å². The molecule has 0 rings (SSSR count). The molecule has 140 valence electrons. The molecule has 6 N–H and O–H groups in total. The molecule has 0 aliphatic heterocycles. The summed E-state index contributed by atoms with van der Waals surface area (Å²) in [7, 11) is -3.58. The highest BCUT2D eigenvalue weighted by molar-refractivity contribution is 7.51. The SMILES string of the molecule is NCCOCCOCCOP(N)(=O)OCCOCCOCCN. The zero-order chi connectivity index (χ0) is 17.2. The fraction of sp³-hybridized carbons (Fsp3) is 1.00. The minimum Gasteiger partial charge on any atom is -0.378 e. The van der Waals surface area contributed by atoms with Crippen LogP contribution < -0.4 is 17.0 Å². The monoisotopic (exact) mass is 359 g/mol. The third-order valence-electron chi connectivity index (χ3n) is 2.27. The Morgan fingerprint density at radius 3 is 1.22 bits per heavy atom. The average Bonchev–Trinajstić information content (AvgIpc) is 2.52. The molecule has 0 bridgehead atoms. The third kappa shape index (κ3) is 18.1. The van der Waals surface area contributed by atoms with E-state index in [0.29, 0.717) is 52.7 Å². The van der Waals surface area contributed by atoms with Crippen molar-refractivity contribution in [3.05, 3.63) is 0 Å². The van der Waals surface area contributed by atoms with Crippen molar-refractivity contribution < 1.29 is 32.6 Å². The lowest BCUT2D eigenvalue weighted by atomic mass is 10.7. The third-order valence-corrected chi connectivity index (χ3v) is 3.35. The van der Waals surface area contributed by atoms with E-state index in [1.807, 2.05) is 0 Å². The Bertz CT molecular complexity index is 276. The van der Waals surface area contributed by atoms with Crippen LogP contribution in [0, 0.1) is 0 Å². The van der Waals surface area contributed by atoms with Gasteiger partial charge in [-0.25, -0.2) is 10.1 Å². The summed E-state index contributed by atoms with van der Waals surface area (Å²) >= 11 is 0. The standard InChI is InChI=1S/C12H30N3O7P/c13-1-3-17-5-7-19-9-11-21-23(15,16)22-12-10-20-8-6-18-4-2-14/h1-14H2,(H2,15,16). The normalized spacial score (nSPS) is 12.0. The van der Waals surface area contributed by atoms with Crippen LogP contribution in [-0.2, 0) is 32.6 Å². The first-order valence-electron chi connectivity index (χ1n) is 7.51. The van der Waals surface area contributed by atoms with Crippen LogP contribution in [0.4, 0.5) is 0 Å². The number of rotatable bonds is 18. The number of ether oxygens (including phenoxy) is 4. The molecule has 0 amide bonds. The maximum Gasteiger partial charge on any atom is 0.403 e. The van der Waals surface area contributed by atoms with Gasteiger partial charge in [-0.15, -0.1) is 0 Å². The Hall–Kier alpha value is -0.130. The average molecular weight is 359 g/mol. The Morgan fingerprint density at radius 1 is 0.565 bits per heavy atom. The van der Waals surface area contributed by atoms with Gasteiger partial charge in [-0.1, -0.05) is 0 Å². The van der Waals surface area contributed by atoms with Gasteiger partial charge in [0.05, 0.1) is 66.1 Å². The molecule has 0 atom stereocenters. The molecule has 0 saturated heterocycles. The fourth-order valence-corrected chi connectivity index (χ4v) is 2.03. The second-order valence-corrected chi connectivity index (χ2v) is 5.83. The molecule has 0 aromatic heterocycles. The molecule has 0 aromatic rings. The lowest BCUT2D eigenvalue weighted by Gasteiger charge is -2.14. The van der Waals surface area contributed by atoms with Crippen molar-refractivity contribution in [1.29, 1.82) is 0 Å². The van der Waals surface area contributed by atoms with E-state index >= 15 is 0 Å². The first kappa shape index (κ1) is 22.9. The van der Waals surface area contributed by atoms with Gasteiger partial charge in [0, 0.05) is 13.1 Å². The summed E-state index contributed by atoms with van der Waals surface area (Å²) in [5, 5.41) is 0. The summed E-state index contributed by atoms with van der Waals surface area (Å²) in [5.74, 6) is 0. The van der Waals surface area contributed by atoms with Crippen LogP contribution in [0.2, 0.25) is 0 Å². The Kier molecular flexibility index (Phi) is 16.6. The van der Waals surface area contributed by atoms with Crippen LogP contribution >= 0.6 is 7.75 Å². The minimum atomic E-state index is -3.58. The predicted octanol–water partition coefficient (Wildman–Crippen LogP) is -0.930. The highest BCUT2D eigenvalue weighted by atomic mass is 31.2. The molecule has 11 heteroatoms. The Morgan fingerprint density at radius 2 is 0.870 bits per heavy atom. The molecule has 0 unspecified atom stereocenters. The van der Waals surface area contributed by atoms with Gasteiger partial charge in [-0.3, -0.25) is 9.05 Å². The fourth-order valence-electron chi connectivity index (χ4n) is 1.29. The van der Waals surface area contributed by atoms with Crippen molar-refractivity contribution >= 4 is 7.75 Å². The number of nitrogens with two attached hydrogens (primary N) is 3. The van der Waals surface area contributed by atoms with Gasteiger partial charge in [0.2, 0.25) is 0 Å². The summed E-state index contributed by atoms with van der Waals surface area (Å²) in [6.45, 7) is 4.25. The molecule has 0 spiro atoms. The summed E-state index contributed by atoms with van der Waals surface area (Å²) < 4.78 is 42.2. The molecule has 0 radical (unpaired) electrons. The Labute approximate surface area is 137 Å². The van der Waals surface area contributed by atoms with E-state index in [9.17, 15) is 4.57 Å². The van der Waals surface area contributed by atoms with Crippen molar-refractivity contribution in [3.8, 4) is 0 Å². The van der Waals surface area contributed by atoms with E-state index in [2.05, 4.69) is 0 Å². The minimum absolute atomic E-state index is 0.0679. The lowest BCUT2D eigenvalue weighted by Crippen LogP contribution is -2.15. The van der Waals surface area contributed by atoms with E-state index in [4.69, 9.17) is 45.0 Å². The van der Waals surface area contributed by atoms with Gasteiger partial charge >= 0.3 is 7.75 Å². The quantitative estimate of drug-likeness (QED) is 0.207. The maximum absolute atomic E-state index is 11.7. The molecule has 0 heterocycles. The van der Waals surface area contributed by atoms with E-state index in [1.165, 1.54) is 0 Å². The smallest absolute Gasteiger partial charge is 0.378 e. The zero-order valence-corrected chi connectivity index (χ0v) is 14.4. The van der Waals surface area contributed by atoms with Gasteiger partial charge in [0.1, 0.15) is 0 Å². The van der Waals surface area contributed by atoms with Gasteiger partial charge in [-0.2, -0.15) is 0 Å². The molecule has 0 aliphatic rings. The lowest BCUT2D eigenvalue weighted by molar-refractivity contribution is 0.0284. The van der Waals surface area contributed by atoms with E-state index < -0.39 is 7.75 Å². The van der Waals surface area contributed by atoms with Crippen molar-refractivity contribution in [2.24, 2.45) is 17.0 Å². The largest absolute Gasteiger partial charge is 0.403 e. The first-order chi connectivity index (χ1) is 11.1. The number of hydrogen-bond donors (Lipinski definition) is 3. The molecular weight excluding hydrogens is 329 g/mol. The number of hydrogen-bond acceptors (Lipinski definition) is 9. The molecule has 0 fully saturated rings. The zero-order valence-electron chi connectivity index (χ0n) is 13.5. The summed E-state index contributed by atoms with van der Waals surface area (Å²) in [4.78, 5) is 0. The molecule has 0 saturated carbocycles. The van der Waals surface area contributed by atoms with Crippen LogP contribution in [-0.4, -0.2) is 79.2 Å². The molecule has 10 nitrogen and oxygen atoms in total. The summed E-state index contributed by atoms with van der Waals surface area (Å²) in [6.07, 6.45) is 0. The van der Waals surface area contributed by atoms with Gasteiger partial charge in [0.15, 0.2) is 0 Å². The van der Waals surface area contributed by atoms with Gasteiger partial charge < -0.3 is 30.4 Å². The highest BCUT2D eigenvalue weighted by Gasteiger charge is 2.17. The first-order valence-corrected chi connectivity index (χ1v) is 9.12. The van der Waals surface area contributed by atoms with Crippen LogP contribution in [0.1, 0.15) is 0 Å². The maximum atomic E-state index is 11.7. The van der Waals surface area contributed by atoms with Gasteiger partial charge in [-0.05, 0) is 0 Å². The van der Waals surface area contributed by atoms with E-state index in [0.717, 1.165) is 0 Å².